The molecule has 1 aliphatic carbocycles. The Morgan fingerprint density at radius 1 is 1.20 bits per heavy atom. The summed E-state index contributed by atoms with van der Waals surface area (Å²) in [5, 5.41) is 6.48. The van der Waals surface area contributed by atoms with Crippen LogP contribution in [0.15, 0.2) is 30.5 Å². The second-order valence-corrected chi connectivity index (χ2v) is 5.11. The summed E-state index contributed by atoms with van der Waals surface area (Å²) < 4.78 is 0. The summed E-state index contributed by atoms with van der Waals surface area (Å²) in [5.41, 5.74) is 2.23. The van der Waals surface area contributed by atoms with Crippen LogP contribution >= 0.6 is 0 Å². The first kappa shape index (κ1) is 12.7. The average Bonchev–Trinajstić information content (AvgIpc) is 3.18. The molecule has 2 amide bonds. The van der Waals surface area contributed by atoms with Crippen molar-refractivity contribution in [2.24, 2.45) is 0 Å². The molecule has 0 spiro atoms. The molecule has 1 aromatic heterocycles. The fourth-order valence-corrected chi connectivity index (χ4v) is 2.21. The van der Waals surface area contributed by atoms with Gasteiger partial charge in [-0.25, -0.2) is 0 Å². The topological polar surface area (TPSA) is 74.0 Å². The number of hydrogen-bond donors (Lipinski definition) is 3. The van der Waals surface area contributed by atoms with Gasteiger partial charge in [-0.15, -0.1) is 0 Å². The van der Waals surface area contributed by atoms with E-state index in [1.807, 2.05) is 30.5 Å². The molecule has 1 aliphatic rings. The summed E-state index contributed by atoms with van der Waals surface area (Å²) in [6.07, 6.45) is 4.61. The molecule has 104 valence electrons. The zero-order chi connectivity index (χ0) is 13.9. The molecule has 0 saturated heterocycles. The number of benzene rings is 1. The number of amides is 2. The van der Waals surface area contributed by atoms with Gasteiger partial charge in [0.25, 0.3) is 0 Å². The number of fused-ring (bicyclic) bond motifs is 1. The van der Waals surface area contributed by atoms with Crippen molar-refractivity contribution < 1.29 is 9.59 Å². The highest BCUT2D eigenvalue weighted by atomic mass is 16.2. The molecule has 0 aliphatic heterocycles. The second kappa shape index (κ2) is 5.36. The number of rotatable bonds is 4. The van der Waals surface area contributed by atoms with Gasteiger partial charge in [0.2, 0.25) is 0 Å². The molecule has 0 bridgehead atoms. The Morgan fingerprint density at radius 2 is 2.00 bits per heavy atom. The first-order chi connectivity index (χ1) is 9.74. The van der Waals surface area contributed by atoms with Gasteiger partial charge in [-0.1, -0.05) is 18.2 Å². The molecule has 5 nitrogen and oxygen atoms in total. The molecule has 0 atom stereocenters. The molecular weight excluding hydrogens is 254 g/mol. The van der Waals surface area contributed by atoms with Gasteiger partial charge in [0.15, 0.2) is 0 Å². The molecule has 20 heavy (non-hydrogen) atoms. The molecule has 1 saturated carbocycles. The number of carbonyl (C=O) groups is 2. The maximum Gasteiger partial charge on any atom is 0.309 e. The predicted octanol–water partition coefficient (Wildman–Crippen LogP) is 1.11. The van der Waals surface area contributed by atoms with E-state index in [-0.39, 0.29) is 6.04 Å². The van der Waals surface area contributed by atoms with Gasteiger partial charge in [0.05, 0.1) is 0 Å². The number of aromatic nitrogens is 1. The van der Waals surface area contributed by atoms with E-state index in [0.717, 1.165) is 29.3 Å². The van der Waals surface area contributed by atoms with Crippen LogP contribution in [-0.4, -0.2) is 29.4 Å². The van der Waals surface area contributed by atoms with Gasteiger partial charge in [-0.05, 0) is 30.9 Å². The summed E-state index contributed by atoms with van der Waals surface area (Å²) in [6.45, 7) is 0.457. The number of H-pyrrole nitrogens is 1. The van der Waals surface area contributed by atoms with E-state index in [1.165, 1.54) is 0 Å². The van der Waals surface area contributed by atoms with Crippen molar-refractivity contribution in [2.75, 3.05) is 6.54 Å². The highest BCUT2D eigenvalue weighted by Gasteiger charge is 2.26. The van der Waals surface area contributed by atoms with Crippen LogP contribution in [0.2, 0.25) is 0 Å². The Balaban J connectivity index is 1.51. The van der Waals surface area contributed by atoms with Crippen LogP contribution in [0.25, 0.3) is 10.9 Å². The third-order valence-electron chi connectivity index (χ3n) is 3.47. The molecular formula is C15H17N3O2. The van der Waals surface area contributed by atoms with Crippen molar-refractivity contribution in [1.29, 1.82) is 0 Å². The van der Waals surface area contributed by atoms with Gasteiger partial charge >= 0.3 is 11.8 Å². The van der Waals surface area contributed by atoms with Crippen molar-refractivity contribution in [1.82, 2.24) is 15.6 Å². The summed E-state index contributed by atoms with van der Waals surface area (Å²) in [7, 11) is 0. The lowest BCUT2D eigenvalue weighted by Crippen LogP contribution is -2.41. The quantitative estimate of drug-likeness (QED) is 0.729. The monoisotopic (exact) mass is 271 g/mol. The Kier molecular flexibility index (Phi) is 3.41. The Morgan fingerprint density at radius 3 is 2.80 bits per heavy atom. The van der Waals surface area contributed by atoms with E-state index < -0.39 is 11.8 Å². The van der Waals surface area contributed by atoms with Gasteiger partial charge in [0, 0.05) is 29.7 Å². The zero-order valence-corrected chi connectivity index (χ0v) is 11.1. The van der Waals surface area contributed by atoms with Crippen molar-refractivity contribution in [3.63, 3.8) is 0 Å². The molecule has 5 heteroatoms. The van der Waals surface area contributed by atoms with Crippen LogP contribution in [0, 0.1) is 0 Å². The van der Waals surface area contributed by atoms with E-state index >= 15 is 0 Å². The molecule has 3 N–H and O–H groups in total. The Hall–Kier alpha value is -2.30. The van der Waals surface area contributed by atoms with Crippen molar-refractivity contribution in [2.45, 2.75) is 25.3 Å². The lowest BCUT2D eigenvalue weighted by Gasteiger charge is -2.05. The van der Waals surface area contributed by atoms with E-state index in [1.54, 1.807) is 0 Å². The third kappa shape index (κ3) is 2.82. The molecule has 0 radical (unpaired) electrons. The first-order valence-corrected chi connectivity index (χ1v) is 6.88. The highest BCUT2D eigenvalue weighted by molar-refractivity contribution is 6.35. The number of aromatic amines is 1. The second-order valence-electron chi connectivity index (χ2n) is 5.11. The largest absolute Gasteiger partial charge is 0.361 e. The van der Waals surface area contributed by atoms with Crippen LogP contribution in [0.4, 0.5) is 0 Å². The van der Waals surface area contributed by atoms with E-state index in [4.69, 9.17) is 0 Å². The minimum Gasteiger partial charge on any atom is -0.361 e. The number of nitrogens with one attached hydrogen (secondary N) is 3. The summed E-state index contributed by atoms with van der Waals surface area (Å²) >= 11 is 0. The van der Waals surface area contributed by atoms with Crippen LogP contribution in [0.1, 0.15) is 18.4 Å². The van der Waals surface area contributed by atoms with Gasteiger partial charge in [-0.2, -0.15) is 0 Å². The van der Waals surface area contributed by atoms with Crippen LogP contribution in [0.3, 0.4) is 0 Å². The maximum absolute atomic E-state index is 11.6. The van der Waals surface area contributed by atoms with Crippen LogP contribution < -0.4 is 10.6 Å². The van der Waals surface area contributed by atoms with Crippen LogP contribution in [-0.2, 0) is 16.0 Å². The van der Waals surface area contributed by atoms with Crippen molar-refractivity contribution in [3.8, 4) is 0 Å². The smallest absolute Gasteiger partial charge is 0.309 e. The third-order valence-corrected chi connectivity index (χ3v) is 3.47. The van der Waals surface area contributed by atoms with E-state index in [0.29, 0.717) is 13.0 Å². The average molecular weight is 271 g/mol. The van der Waals surface area contributed by atoms with E-state index in [9.17, 15) is 9.59 Å². The fraction of sp³-hybridized carbons (Fsp3) is 0.333. The summed E-state index contributed by atoms with van der Waals surface area (Å²) in [4.78, 5) is 26.2. The van der Waals surface area contributed by atoms with E-state index in [2.05, 4.69) is 15.6 Å². The number of carbonyl (C=O) groups excluding carboxylic acids is 2. The maximum atomic E-state index is 11.6. The van der Waals surface area contributed by atoms with Crippen LogP contribution in [0.5, 0.6) is 0 Å². The molecule has 2 aromatic rings. The standard InChI is InChI=1S/C15H17N3O2/c19-14(15(20)18-11-5-6-11)16-8-7-10-9-17-13-4-2-1-3-12(10)13/h1-4,9,11,17H,5-8H2,(H,16,19)(H,18,20). The predicted molar refractivity (Wildman–Crippen MR) is 76.2 cm³/mol. The molecule has 3 rings (SSSR count). The minimum atomic E-state index is -0.545. The lowest BCUT2D eigenvalue weighted by atomic mass is 10.1. The summed E-state index contributed by atoms with van der Waals surface area (Å²) in [6, 6.07) is 8.24. The first-order valence-electron chi connectivity index (χ1n) is 6.88. The zero-order valence-electron chi connectivity index (χ0n) is 11.1. The molecule has 1 fully saturated rings. The van der Waals surface area contributed by atoms with Crippen molar-refractivity contribution in [3.05, 3.63) is 36.0 Å². The lowest BCUT2D eigenvalue weighted by molar-refractivity contribution is -0.139. The highest BCUT2D eigenvalue weighted by Crippen LogP contribution is 2.18. The van der Waals surface area contributed by atoms with Crippen molar-refractivity contribution >= 4 is 22.7 Å². The normalized spacial score (nSPS) is 14.2. The Bertz CT molecular complexity index is 643. The molecule has 0 unspecified atom stereocenters. The van der Waals surface area contributed by atoms with Gasteiger partial charge in [0.1, 0.15) is 0 Å². The number of hydrogen-bond acceptors (Lipinski definition) is 2. The van der Waals surface area contributed by atoms with Gasteiger partial charge in [-0.3, -0.25) is 9.59 Å². The minimum absolute atomic E-state index is 0.210. The Labute approximate surface area is 116 Å². The number of para-hydroxylation sites is 1. The molecule has 1 heterocycles. The SMILES string of the molecule is O=C(NCCc1c[nH]c2ccccc12)C(=O)NC1CC1. The van der Waals surface area contributed by atoms with Gasteiger partial charge < -0.3 is 15.6 Å². The summed E-state index contributed by atoms with van der Waals surface area (Å²) in [5.74, 6) is -1.07. The fourth-order valence-electron chi connectivity index (χ4n) is 2.21. The molecule has 1 aromatic carbocycles.